The fourth-order valence-electron chi connectivity index (χ4n) is 4.45. The van der Waals surface area contributed by atoms with Crippen molar-refractivity contribution >= 4 is 11.9 Å². The number of carbonyl (C=O) groups excluding carboxylic acids is 2. The van der Waals surface area contributed by atoms with Gasteiger partial charge in [0.2, 0.25) is 0 Å². The van der Waals surface area contributed by atoms with Crippen molar-refractivity contribution in [1.29, 1.82) is 0 Å². The number of nitrogens with zero attached hydrogens (tertiary/aromatic N) is 1. The highest BCUT2D eigenvalue weighted by Gasteiger charge is 2.33. The van der Waals surface area contributed by atoms with Gasteiger partial charge in [0.1, 0.15) is 18.1 Å². The molecule has 0 aromatic heterocycles. The van der Waals surface area contributed by atoms with E-state index in [0.29, 0.717) is 53.7 Å². The highest BCUT2D eigenvalue weighted by molar-refractivity contribution is 5.95. The molecule has 1 amide bonds. The summed E-state index contributed by atoms with van der Waals surface area (Å²) in [4.78, 5) is 27.5. The molecule has 0 fully saturated rings. The second-order valence-electron chi connectivity index (χ2n) is 8.46. The maximum Gasteiger partial charge on any atom is 0.338 e. The quantitative estimate of drug-likeness (QED) is 0.390. The summed E-state index contributed by atoms with van der Waals surface area (Å²) in [6, 6.07) is 17.4. The Kier molecular flexibility index (Phi) is 8.18. The number of ether oxygens (including phenoxy) is 5. The van der Waals surface area contributed by atoms with Gasteiger partial charge in [-0.15, -0.1) is 0 Å². The molecule has 1 aliphatic heterocycles. The fourth-order valence-corrected chi connectivity index (χ4v) is 4.45. The van der Waals surface area contributed by atoms with Gasteiger partial charge in [0.05, 0.1) is 39.5 Å². The summed E-state index contributed by atoms with van der Waals surface area (Å²) in [6.07, 6.45) is 0.663. The van der Waals surface area contributed by atoms with Crippen LogP contribution in [0.25, 0.3) is 0 Å². The summed E-state index contributed by atoms with van der Waals surface area (Å²) in [6.45, 7) is 2.79. The number of benzene rings is 3. The van der Waals surface area contributed by atoms with Crippen molar-refractivity contribution < 1.29 is 33.3 Å². The molecular weight excluding hydrogens is 474 g/mol. The minimum Gasteiger partial charge on any atom is -0.497 e. The van der Waals surface area contributed by atoms with Crippen LogP contribution in [0.15, 0.2) is 60.7 Å². The van der Waals surface area contributed by atoms with Gasteiger partial charge < -0.3 is 28.6 Å². The molecule has 0 bridgehead atoms. The van der Waals surface area contributed by atoms with Crippen LogP contribution in [0.5, 0.6) is 23.0 Å². The molecule has 0 saturated heterocycles. The Balaban J connectivity index is 1.65. The van der Waals surface area contributed by atoms with Crippen LogP contribution in [0.3, 0.4) is 0 Å². The first-order valence-corrected chi connectivity index (χ1v) is 12.1. The molecule has 1 atom stereocenters. The summed E-state index contributed by atoms with van der Waals surface area (Å²) in [5.41, 5.74) is 2.98. The number of hydrogen-bond acceptors (Lipinski definition) is 7. The molecule has 8 heteroatoms. The Bertz CT molecular complexity index is 1260. The Morgan fingerprint density at radius 1 is 0.865 bits per heavy atom. The standard InChI is InChI=1S/C29H31NO7/c1-5-36-29(32)19-9-11-22(12-10-19)37-18-25-24-17-27(35-4)26(34-3)16-20(24)13-14-30(25)28(31)21-7-6-8-23(15-21)33-2/h6-12,15-17,25H,5,13-14,18H2,1-4H3. The Hall–Kier alpha value is -4.20. The van der Waals surface area contributed by atoms with Gasteiger partial charge in [-0.25, -0.2) is 4.79 Å². The second kappa shape index (κ2) is 11.7. The summed E-state index contributed by atoms with van der Waals surface area (Å²) < 4.78 is 27.6. The lowest BCUT2D eigenvalue weighted by Gasteiger charge is -2.37. The first-order valence-electron chi connectivity index (χ1n) is 12.1. The summed E-state index contributed by atoms with van der Waals surface area (Å²) in [7, 11) is 4.76. The van der Waals surface area contributed by atoms with Crippen LogP contribution in [-0.4, -0.2) is 57.9 Å². The van der Waals surface area contributed by atoms with Crippen molar-refractivity contribution in [3.63, 3.8) is 0 Å². The molecule has 0 N–H and O–H groups in total. The van der Waals surface area contributed by atoms with E-state index in [1.165, 1.54) is 0 Å². The molecule has 0 radical (unpaired) electrons. The number of hydrogen-bond donors (Lipinski definition) is 0. The average Bonchev–Trinajstić information content (AvgIpc) is 2.95. The average molecular weight is 506 g/mol. The lowest BCUT2D eigenvalue weighted by atomic mass is 9.91. The summed E-state index contributed by atoms with van der Waals surface area (Å²) >= 11 is 0. The minimum absolute atomic E-state index is 0.120. The Morgan fingerprint density at radius 2 is 1.59 bits per heavy atom. The van der Waals surface area contributed by atoms with E-state index in [9.17, 15) is 9.59 Å². The molecule has 0 saturated carbocycles. The van der Waals surface area contributed by atoms with Crippen LogP contribution in [0.2, 0.25) is 0 Å². The summed E-state index contributed by atoms with van der Waals surface area (Å²) in [5.74, 6) is 1.92. The molecule has 3 aromatic rings. The van der Waals surface area contributed by atoms with E-state index in [1.54, 1.807) is 76.8 Å². The van der Waals surface area contributed by atoms with Gasteiger partial charge in [-0.2, -0.15) is 0 Å². The van der Waals surface area contributed by atoms with E-state index in [4.69, 9.17) is 23.7 Å². The van der Waals surface area contributed by atoms with Gasteiger partial charge in [-0.05, 0) is 79.1 Å². The van der Waals surface area contributed by atoms with E-state index < -0.39 is 0 Å². The minimum atomic E-state index is -0.383. The molecule has 1 heterocycles. The van der Waals surface area contributed by atoms with Crippen molar-refractivity contribution in [3.05, 3.63) is 82.9 Å². The first-order chi connectivity index (χ1) is 18.0. The third-order valence-electron chi connectivity index (χ3n) is 6.35. The predicted molar refractivity (Wildman–Crippen MR) is 138 cm³/mol. The van der Waals surface area contributed by atoms with Crippen molar-refractivity contribution in [3.8, 4) is 23.0 Å². The van der Waals surface area contributed by atoms with Crippen LogP contribution >= 0.6 is 0 Å². The lowest BCUT2D eigenvalue weighted by molar-refractivity contribution is 0.0524. The molecule has 0 aliphatic carbocycles. The lowest BCUT2D eigenvalue weighted by Crippen LogP contribution is -2.42. The van der Waals surface area contributed by atoms with Crippen LogP contribution in [0.1, 0.15) is 44.8 Å². The van der Waals surface area contributed by atoms with Gasteiger partial charge in [-0.3, -0.25) is 4.79 Å². The van der Waals surface area contributed by atoms with Crippen LogP contribution in [-0.2, 0) is 11.2 Å². The number of amides is 1. The third-order valence-corrected chi connectivity index (χ3v) is 6.35. The van der Waals surface area contributed by atoms with Gasteiger partial charge in [0.25, 0.3) is 5.91 Å². The smallest absolute Gasteiger partial charge is 0.338 e. The van der Waals surface area contributed by atoms with Crippen molar-refractivity contribution in [2.45, 2.75) is 19.4 Å². The molecule has 1 unspecified atom stereocenters. The van der Waals surface area contributed by atoms with E-state index >= 15 is 0 Å². The molecular formula is C29H31NO7. The Morgan fingerprint density at radius 3 is 2.27 bits per heavy atom. The maximum absolute atomic E-state index is 13.7. The van der Waals surface area contributed by atoms with Crippen LogP contribution in [0.4, 0.5) is 0 Å². The monoisotopic (exact) mass is 505 g/mol. The maximum atomic E-state index is 13.7. The predicted octanol–water partition coefficient (Wildman–Crippen LogP) is 4.71. The number of carbonyl (C=O) groups is 2. The number of fused-ring (bicyclic) bond motifs is 1. The zero-order chi connectivity index (χ0) is 26.4. The zero-order valence-electron chi connectivity index (χ0n) is 21.5. The zero-order valence-corrected chi connectivity index (χ0v) is 21.5. The molecule has 1 aliphatic rings. The molecule has 0 spiro atoms. The van der Waals surface area contributed by atoms with Gasteiger partial charge in [0, 0.05) is 12.1 Å². The van der Waals surface area contributed by atoms with Gasteiger partial charge in [-0.1, -0.05) is 6.07 Å². The molecule has 194 valence electrons. The topological polar surface area (TPSA) is 83.5 Å². The van der Waals surface area contributed by atoms with Crippen molar-refractivity contribution in [2.75, 3.05) is 41.1 Å². The fraction of sp³-hybridized carbons (Fsp3) is 0.310. The third kappa shape index (κ3) is 5.63. The SMILES string of the molecule is CCOC(=O)c1ccc(OCC2c3cc(OC)c(OC)cc3CCN2C(=O)c2cccc(OC)c2)cc1. The Labute approximate surface area is 216 Å². The van der Waals surface area contributed by atoms with Crippen molar-refractivity contribution in [2.24, 2.45) is 0 Å². The van der Waals surface area contributed by atoms with Gasteiger partial charge in [0.15, 0.2) is 11.5 Å². The van der Waals surface area contributed by atoms with E-state index in [-0.39, 0.29) is 24.5 Å². The molecule has 3 aromatic carbocycles. The largest absolute Gasteiger partial charge is 0.497 e. The van der Waals surface area contributed by atoms with Crippen LogP contribution < -0.4 is 18.9 Å². The number of esters is 1. The van der Waals surface area contributed by atoms with Gasteiger partial charge >= 0.3 is 5.97 Å². The normalized spacial score (nSPS) is 14.4. The molecule has 4 rings (SSSR count). The summed E-state index contributed by atoms with van der Waals surface area (Å²) in [5, 5.41) is 0. The highest BCUT2D eigenvalue weighted by atomic mass is 16.5. The van der Waals surface area contributed by atoms with Crippen LogP contribution in [0, 0.1) is 0 Å². The van der Waals surface area contributed by atoms with E-state index in [0.717, 1.165) is 11.1 Å². The number of rotatable bonds is 9. The highest BCUT2D eigenvalue weighted by Crippen LogP contribution is 2.39. The molecule has 8 nitrogen and oxygen atoms in total. The first kappa shape index (κ1) is 25.9. The number of methoxy groups -OCH3 is 3. The second-order valence-corrected chi connectivity index (χ2v) is 8.46. The van der Waals surface area contributed by atoms with Crippen molar-refractivity contribution in [1.82, 2.24) is 4.90 Å². The van der Waals surface area contributed by atoms with E-state index in [2.05, 4.69) is 0 Å². The van der Waals surface area contributed by atoms with E-state index in [1.807, 2.05) is 17.0 Å². The molecule has 37 heavy (non-hydrogen) atoms.